The number of carbonyl (C=O) groups is 2. The van der Waals surface area contributed by atoms with Crippen LogP contribution in [0, 0.1) is 5.92 Å². The topological polar surface area (TPSA) is 84.3 Å². The Labute approximate surface area is 167 Å². The summed E-state index contributed by atoms with van der Waals surface area (Å²) in [6, 6.07) is 8.93. The van der Waals surface area contributed by atoms with Crippen molar-refractivity contribution >= 4 is 29.3 Å². The smallest absolute Gasteiger partial charge is 0.274 e. The Morgan fingerprint density at radius 1 is 1.21 bits per heavy atom. The first-order valence-corrected chi connectivity index (χ1v) is 10.7. The van der Waals surface area contributed by atoms with Crippen molar-refractivity contribution < 1.29 is 9.59 Å². The van der Waals surface area contributed by atoms with Gasteiger partial charge in [-0.3, -0.25) is 19.4 Å². The average molecular weight is 398 g/mol. The van der Waals surface area contributed by atoms with Crippen LogP contribution in [0.1, 0.15) is 28.5 Å². The molecule has 2 amide bonds. The zero-order valence-corrected chi connectivity index (χ0v) is 16.4. The number of hydrogen-bond acceptors (Lipinski definition) is 5. The molecule has 2 bridgehead atoms. The Balaban J connectivity index is 1.57. The fourth-order valence-corrected chi connectivity index (χ4v) is 4.51. The Kier molecular flexibility index (Phi) is 5.21. The van der Waals surface area contributed by atoms with Crippen LogP contribution in [0.25, 0.3) is 0 Å². The molecule has 2 atom stereocenters. The van der Waals surface area contributed by atoms with Gasteiger partial charge in [0.2, 0.25) is 5.91 Å². The van der Waals surface area contributed by atoms with Gasteiger partial charge in [-0.05, 0) is 42.9 Å². The molecule has 1 N–H and O–H groups in total. The van der Waals surface area contributed by atoms with Crippen LogP contribution >= 0.6 is 11.8 Å². The first-order chi connectivity index (χ1) is 13.6. The number of likely N-dealkylation sites (tertiary alicyclic amines) is 1. The van der Waals surface area contributed by atoms with Crippen molar-refractivity contribution in [2.75, 3.05) is 30.4 Å². The van der Waals surface area contributed by atoms with Gasteiger partial charge in [0.05, 0.1) is 5.75 Å². The molecule has 0 spiro atoms. The quantitative estimate of drug-likeness (QED) is 0.849. The van der Waals surface area contributed by atoms with Gasteiger partial charge in [-0.15, -0.1) is 0 Å². The normalized spacial score (nSPS) is 20.4. The second-order valence-corrected chi connectivity index (χ2v) is 8.16. The number of nitrogens with zero attached hydrogens (tertiary/aromatic N) is 3. The predicted molar refractivity (Wildman–Crippen MR) is 109 cm³/mol. The number of amides is 2. The van der Waals surface area contributed by atoms with E-state index in [1.54, 1.807) is 29.0 Å². The summed E-state index contributed by atoms with van der Waals surface area (Å²) in [5.74, 6) is 0.412. The summed E-state index contributed by atoms with van der Waals surface area (Å²) in [7, 11) is 0. The molecule has 1 fully saturated rings. The number of rotatable bonds is 4. The molecule has 0 aliphatic carbocycles. The summed E-state index contributed by atoms with van der Waals surface area (Å²) in [4.78, 5) is 43.5. The van der Waals surface area contributed by atoms with Crippen LogP contribution in [0.15, 0.2) is 41.3 Å². The van der Waals surface area contributed by atoms with E-state index in [2.05, 4.69) is 10.3 Å². The minimum absolute atomic E-state index is 0.0629. The van der Waals surface area contributed by atoms with Crippen LogP contribution in [-0.4, -0.2) is 51.4 Å². The van der Waals surface area contributed by atoms with Crippen molar-refractivity contribution in [2.45, 2.75) is 18.9 Å². The molecule has 2 aliphatic rings. The predicted octanol–water partition coefficient (Wildman–Crippen LogP) is 1.80. The van der Waals surface area contributed by atoms with Crippen LogP contribution in [0.2, 0.25) is 0 Å². The van der Waals surface area contributed by atoms with E-state index in [0.717, 1.165) is 12.1 Å². The third kappa shape index (κ3) is 3.56. The van der Waals surface area contributed by atoms with E-state index in [9.17, 15) is 14.4 Å². The van der Waals surface area contributed by atoms with E-state index in [4.69, 9.17) is 0 Å². The second kappa shape index (κ2) is 7.79. The largest absolute Gasteiger partial charge is 0.336 e. The summed E-state index contributed by atoms with van der Waals surface area (Å²) < 4.78 is 1.77. The van der Waals surface area contributed by atoms with Crippen LogP contribution in [-0.2, 0) is 11.3 Å². The van der Waals surface area contributed by atoms with Crippen LogP contribution < -0.4 is 10.9 Å². The van der Waals surface area contributed by atoms with E-state index in [1.807, 2.05) is 23.3 Å². The summed E-state index contributed by atoms with van der Waals surface area (Å²) >= 11 is 1.41. The number of aromatic nitrogens is 2. The molecule has 7 nitrogen and oxygen atoms in total. The molecular weight excluding hydrogens is 376 g/mol. The lowest BCUT2D eigenvalue weighted by Gasteiger charge is -2.42. The lowest BCUT2D eigenvalue weighted by atomic mass is 9.83. The number of pyridine rings is 2. The highest BCUT2D eigenvalue weighted by atomic mass is 32.2. The van der Waals surface area contributed by atoms with Crippen LogP contribution in [0.3, 0.4) is 0 Å². The van der Waals surface area contributed by atoms with E-state index in [1.165, 1.54) is 11.8 Å². The molecule has 1 saturated heterocycles. The number of piperidine rings is 1. The molecule has 146 valence electrons. The summed E-state index contributed by atoms with van der Waals surface area (Å²) in [5.41, 5.74) is 1.55. The summed E-state index contributed by atoms with van der Waals surface area (Å²) in [5, 5.41) is 2.71. The maximum Gasteiger partial charge on any atom is 0.274 e. The molecule has 2 unspecified atom stereocenters. The number of hydrogen-bond donors (Lipinski definition) is 1. The summed E-state index contributed by atoms with van der Waals surface area (Å²) in [6.07, 6.45) is 4.43. The molecule has 2 aromatic heterocycles. The Bertz CT molecular complexity index is 960. The number of fused-ring (bicyclic) bond motifs is 4. The van der Waals surface area contributed by atoms with Gasteiger partial charge in [0.25, 0.3) is 11.5 Å². The van der Waals surface area contributed by atoms with Gasteiger partial charge >= 0.3 is 0 Å². The number of nitrogens with one attached hydrogen (secondary N) is 1. The second-order valence-electron chi connectivity index (χ2n) is 7.29. The summed E-state index contributed by atoms with van der Waals surface area (Å²) in [6.45, 7) is 1.74. The van der Waals surface area contributed by atoms with Crippen LogP contribution in [0.5, 0.6) is 0 Å². The first kappa shape index (κ1) is 18.7. The van der Waals surface area contributed by atoms with Gasteiger partial charge in [-0.25, -0.2) is 0 Å². The Morgan fingerprint density at radius 3 is 2.82 bits per heavy atom. The van der Waals surface area contributed by atoms with E-state index in [0.29, 0.717) is 36.8 Å². The van der Waals surface area contributed by atoms with Crippen molar-refractivity contribution in [2.24, 2.45) is 5.92 Å². The zero-order chi connectivity index (χ0) is 19.7. The fraction of sp³-hybridized carbons (Fsp3) is 0.400. The fourth-order valence-electron chi connectivity index (χ4n) is 4.18. The van der Waals surface area contributed by atoms with E-state index < -0.39 is 0 Å². The van der Waals surface area contributed by atoms with Gasteiger partial charge in [0, 0.05) is 37.4 Å². The zero-order valence-electron chi connectivity index (χ0n) is 15.6. The van der Waals surface area contributed by atoms with Gasteiger partial charge < -0.3 is 14.8 Å². The highest BCUT2D eigenvalue weighted by Crippen LogP contribution is 2.35. The van der Waals surface area contributed by atoms with Crippen molar-refractivity contribution in [3.05, 3.63) is 58.3 Å². The number of carbonyl (C=O) groups excluding carboxylic acids is 2. The van der Waals surface area contributed by atoms with Crippen molar-refractivity contribution in [1.29, 1.82) is 0 Å². The first-order valence-electron chi connectivity index (χ1n) is 9.29. The van der Waals surface area contributed by atoms with Gasteiger partial charge in [-0.1, -0.05) is 6.07 Å². The molecule has 0 saturated carbocycles. The molecule has 2 aliphatic heterocycles. The average Bonchev–Trinajstić information content (AvgIpc) is 2.70. The highest BCUT2D eigenvalue weighted by molar-refractivity contribution is 7.99. The number of anilines is 1. The lowest BCUT2D eigenvalue weighted by molar-refractivity contribution is -0.113. The molecule has 8 heteroatoms. The van der Waals surface area contributed by atoms with Crippen molar-refractivity contribution in [3.63, 3.8) is 0 Å². The molecule has 4 rings (SSSR count). The Morgan fingerprint density at radius 2 is 2.07 bits per heavy atom. The molecule has 4 heterocycles. The standard InChI is InChI=1S/C20H22N4O3S/c1-28-12-18(25)22-16-5-6-17-14-8-13(10-24(17)20(16)27)9-23(11-14)19(26)15-4-2-3-7-21-15/h2-7,13-14H,8-12H2,1H3,(H,22,25). The van der Waals surface area contributed by atoms with Crippen molar-refractivity contribution in [3.8, 4) is 0 Å². The maximum atomic E-state index is 12.9. The molecule has 28 heavy (non-hydrogen) atoms. The third-order valence-electron chi connectivity index (χ3n) is 5.32. The van der Waals surface area contributed by atoms with E-state index >= 15 is 0 Å². The van der Waals surface area contributed by atoms with Crippen molar-refractivity contribution in [1.82, 2.24) is 14.5 Å². The monoisotopic (exact) mass is 398 g/mol. The van der Waals surface area contributed by atoms with Gasteiger partial charge in [-0.2, -0.15) is 11.8 Å². The minimum Gasteiger partial charge on any atom is -0.336 e. The van der Waals surface area contributed by atoms with Crippen LogP contribution in [0.4, 0.5) is 5.69 Å². The minimum atomic E-state index is -0.173. The van der Waals surface area contributed by atoms with Gasteiger partial charge in [0.15, 0.2) is 0 Å². The maximum absolute atomic E-state index is 12.9. The SMILES string of the molecule is CSCC(=O)Nc1ccc2n(c1=O)CC1CC2CN(C(=O)c2ccccn2)C1. The van der Waals surface area contributed by atoms with Gasteiger partial charge in [0.1, 0.15) is 11.4 Å². The Hall–Kier alpha value is -2.61. The molecular formula is C20H22N4O3S. The highest BCUT2D eigenvalue weighted by Gasteiger charge is 2.37. The molecule has 0 aromatic carbocycles. The third-order valence-corrected chi connectivity index (χ3v) is 5.88. The number of thioether (sulfide) groups is 1. The lowest BCUT2D eigenvalue weighted by Crippen LogP contribution is -2.49. The molecule has 2 aromatic rings. The molecule has 0 radical (unpaired) electrons. The van der Waals surface area contributed by atoms with E-state index in [-0.39, 0.29) is 29.2 Å².